The van der Waals surface area contributed by atoms with Crippen molar-refractivity contribution in [2.45, 2.75) is 26.8 Å². The van der Waals surface area contributed by atoms with Crippen LogP contribution in [0.15, 0.2) is 66.9 Å². The van der Waals surface area contributed by atoms with E-state index in [0.717, 1.165) is 17.8 Å². The van der Waals surface area contributed by atoms with Gasteiger partial charge in [0.05, 0.1) is 0 Å². The Kier molecular flexibility index (Phi) is 5.64. The number of benzene rings is 2. The summed E-state index contributed by atoms with van der Waals surface area (Å²) in [4.78, 5) is 16.6. The van der Waals surface area contributed by atoms with Crippen LogP contribution in [0.25, 0.3) is 0 Å². The first-order valence-corrected chi connectivity index (χ1v) is 8.80. The van der Waals surface area contributed by atoms with Crippen LogP contribution in [0.3, 0.4) is 0 Å². The number of carbonyl (C=O) groups is 1. The first kappa shape index (κ1) is 17.7. The lowest BCUT2D eigenvalue weighted by molar-refractivity contribution is 0.102. The second-order valence-corrected chi connectivity index (χ2v) is 6.28. The largest absolute Gasteiger partial charge is 0.381 e. The second-order valence-electron chi connectivity index (χ2n) is 6.28. The van der Waals surface area contributed by atoms with Crippen LogP contribution in [0.1, 0.15) is 34.1 Å². The predicted octanol–water partition coefficient (Wildman–Crippen LogP) is 4.82. The van der Waals surface area contributed by atoms with Crippen molar-refractivity contribution in [3.63, 3.8) is 0 Å². The molecule has 0 bridgehead atoms. The van der Waals surface area contributed by atoms with Crippen LogP contribution in [-0.4, -0.2) is 10.9 Å². The van der Waals surface area contributed by atoms with Crippen molar-refractivity contribution >= 4 is 17.3 Å². The van der Waals surface area contributed by atoms with Gasteiger partial charge in [-0.15, -0.1) is 0 Å². The molecule has 0 fully saturated rings. The third-order valence-corrected chi connectivity index (χ3v) is 4.19. The lowest BCUT2D eigenvalue weighted by atomic mass is 10.1. The van der Waals surface area contributed by atoms with E-state index in [1.807, 2.05) is 36.4 Å². The number of hydrogen-bond donors (Lipinski definition) is 2. The van der Waals surface area contributed by atoms with Crippen LogP contribution >= 0.6 is 0 Å². The standard InChI is InChI=1S/C22H23N3O/c1-3-17-7-9-19(10-8-17)25-22(26)21-14-20(11-12-23-21)24-15-18-6-4-5-16(2)13-18/h4-14H,3,15H2,1-2H3,(H,23,24)(H,25,26). The number of hydrogen-bond acceptors (Lipinski definition) is 3. The van der Waals surface area contributed by atoms with E-state index in [1.165, 1.54) is 16.7 Å². The minimum Gasteiger partial charge on any atom is -0.381 e. The van der Waals surface area contributed by atoms with Gasteiger partial charge < -0.3 is 10.6 Å². The van der Waals surface area contributed by atoms with Crippen LogP contribution in [0, 0.1) is 6.92 Å². The predicted molar refractivity (Wildman–Crippen MR) is 107 cm³/mol. The van der Waals surface area contributed by atoms with Crippen molar-refractivity contribution in [2.75, 3.05) is 10.6 Å². The number of anilines is 2. The van der Waals surface area contributed by atoms with Crippen molar-refractivity contribution in [1.82, 2.24) is 4.98 Å². The Hall–Kier alpha value is -3.14. The Labute approximate surface area is 154 Å². The molecule has 2 N–H and O–H groups in total. The average molecular weight is 345 g/mol. The second kappa shape index (κ2) is 8.30. The average Bonchev–Trinajstić information content (AvgIpc) is 2.67. The molecule has 0 saturated heterocycles. The number of aromatic nitrogens is 1. The van der Waals surface area contributed by atoms with Gasteiger partial charge in [-0.2, -0.15) is 0 Å². The van der Waals surface area contributed by atoms with Crippen LogP contribution < -0.4 is 10.6 Å². The summed E-state index contributed by atoms with van der Waals surface area (Å²) in [7, 11) is 0. The highest BCUT2D eigenvalue weighted by Gasteiger charge is 2.08. The van der Waals surface area contributed by atoms with Gasteiger partial charge in [0, 0.05) is 24.1 Å². The van der Waals surface area contributed by atoms with Crippen LogP contribution in [-0.2, 0) is 13.0 Å². The van der Waals surface area contributed by atoms with Gasteiger partial charge in [0.2, 0.25) is 0 Å². The maximum atomic E-state index is 12.4. The maximum Gasteiger partial charge on any atom is 0.274 e. The van der Waals surface area contributed by atoms with Gasteiger partial charge >= 0.3 is 0 Å². The van der Waals surface area contributed by atoms with Crippen molar-refractivity contribution in [1.29, 1.82) is 0 Å². The number of aryl methyl sites for hydroxylation is 2. The summed E-state index contributed by atoms with van der Waals surface area (Å²) in [5.41, 5.74) is 5.69. The van der Waals surface area contributed by atoms with E-state index < -0.39 is 0 Å². The van der Waals surface area contributed by atoms with E-state index in [1.54, 1.807) is 12.3 Å². The minimum absolute atomic E-state index is 0.214. The van der Waals surface area contributed by atoms with Crippen molar-refractivity contribution in [3.05, 3.63) is 89.2 Å². The smallest absolute Gasteiger partial charge is 0.274 e. The fraction of sp³-hybridized carbons (Fsp3) is 0.182. The lowest BCUT2D eigenvalue weighted by Crippen LogP contribution is -2.14. The highest BCUT2D eigenvalue weighted by molar-refractivity contribution is 6.03. The number of nitrogens with zero attached hydrogens (tertiary/aromatic N) is 1. The molecule has 0 atom stereocenters. The van der Waals surface area contributed by atoms with Crippen LogP contribution in [0.2, 0.25) is 0 Å². The SMILES string of the molecule is CCc1ccc(NC(=O)c2cc(NCc3cccc(C)c3)ccn2)cc1. The summed E-state index contributed by atoms with van der Waals surface area (Å²) >= 11 is 0. The molecule has 2 aromatic carbocycles. The number of pyridine rings is 1. The zero-order valence-corrected chi connectivity index (χ0v) is 15.1. The summed E-state index contributed by atoms with van der Waals surface area (Å²) in [6.07, 6.45) is 2.62. The van der Waals surface area contributed by atoms with Gasteiger partial charge in [0.1, 0.15) is 5.69 Å². The first-order valence-electron chi connectivity index (χ1n) is 8.80. The summed E-state index contributed by atoms with van der Waals surface area (Å²) < 4.78 is 0. The summed E-state index contributed by atoms with van der Waals surface area (Å²) in [5, 5.41) is 6.23. The van der Waals surface area contributed by atoms with E-state index in [9.17, 15) is 4.79 Å². The fourth-order valence-corrected chi connectivity index (χ4v) is 2.71. The van der Waals surface area contributed by atoms with Crippen molar-refractivity contribution in [3.8, 4) is 0 Å². The molecule has 0 unspecified atom stereocenters. The minimum atomic E-state index is -0.214. The highest BCUT2D eigenvalue weighted by atomic mass is 16.1. The Morgan fingerprint density at radius 1 is 0.962 bits per heavy atom. The van der Waals surface area contributed by atoms with Crippen LogP contribution in [0.4, 0.5) is 11.4 Å². The number of carbonyl (C=O) groups excluding carboxylic acids is 1. The molecule has 4 heteroatoms. The third kappa shape index (κ3) is 4.70. The summed E-state index contributed by atoms with van der Waals surface area (Å²) in [5.74, 6) is -0.214. The molecule has 0 aliphatic carbocycles. The molecular formula is C22H23N3O. The molecule has 0 radical (unpaired) electrons. The van der Waals surface area contributed by atoms with Gasteiger partial charge in [-0.25, -0.2) is 0 Å². The van der Waals surface area contributed by atoms with Gasteiger partial charge in [-0.1, -0.05) is 48.9 Å². The lowest BCUT2D eigenvalue weighted by Gasteiger charge is -2.09. The third-order valence-electron chi connectivity index (χ3n) is 4.19. The Morgan fingerprint density at radius 3 is 2.50 bits per heavy atom. The van der Waals surface area contributed by atoms with E-state index >= 15 is 0 Å². The molecule has 1 amide bonds. The molecular weight excluding hydrogens is 322 g/mol. The topological polar surface area (TPSA) is 54.0 Å². The van der Waals surface area contributed by atoms with Gasteiger partial charge in [-0.3, -0.25) is 9.78 Å². The molecule has 3 aromatic rings. The molecule has 26 heavy (non-hydrogen) atoms. The molecule has 0 saturated carbocycles. The monoisotopic (exact) mass is 345 g/mol. The maximum absolute atomic E-state index is 12.4. The summed E-state index contributed by atoms with van der Waals surface area (Å²) in [6.45, 7) is 4.88. The molecule has 132 valence electrons. The Balaban J connectivity index is 1.64. The summed E-state index contributed by atoms with van der Waals surface area (Å²) in [6, 6.07) is 19.8. The van der Waals surface area contributed by atoms with Gasteiger partial charge in [0.25, 0.3) is 5.91 Å². The molecule has 3 rings (SSSR count). The quantitative estimate of drug-likeness (QED) is 0.673. The Bertz CT molecular complexity index is 888. The van der Waals surface area contributed by atoms with Gasteiger partial charge in [0.15, 0.2) is 0 Å². The molecule has 1 heterocycles. The van der Waals surface area contributed by atoms with E-state index in [-0.39, 0.29) is 5.91 Å². The zero-order chi connectivity index (χ0) is 18.4. The molecule has 4 nitrogen and oxygen atoms in total. The first-order chi connectivity index (χ1) is 12.6. The zero-order valence-electron chi connectivity index (χ0n) is 15.1. The van der Waals surface area contributed by atoms with Crippen LogP contribution in [0.5, 0.6) is 0 Å². The molecule has 0 spiro atoms. The number of amides is 1. The Morgan fingerprint density at radius 2 is 1.77 bits per heavy atom. The van der Waals surface area contributed by atoms with E-state index in [0.29, 0.717) is 12.2 Å². The van der Waals surface area contributed by atoms with E-state index in [2.05, 4.69) is 47.7 Å². The van der Waals surface area contributed by atoms with Gasteiger partial charge in [-0.05, 0) is 48.7 Å². The van der Waals surface area contributed by atoms with E-state index in [4.69, 9.17) is 0 Å². The molecule has 1 aromatic heterocycles. The van der Waals surface area contributed by atoms with Crippen molar-refractivity contribution in [2.24, 2.45) is 0 Å². The molecule has 0 aliphatic rings. The fourth-order valence-electron chi connectivity index (χ4n) is 2.71. The molecule has 0 aliphatic heterocycles. The number of rotatable bonds is 6. The van der Waals surface area contributed by atoms with Crippen molar-refractivity contribution < 1.29 is 4.79 Å². The normalized spacial score (nSPS) is 10.4. The number of nitrogens with one attached hydrogen (secondary N) is 2. The highest BCUT2D eigenvalue weighted by Crippen LogP contribution is 2.14.